The largest absolute Gasteiger partial charge is 0.416 e. The Kier molecular flexibility index (Phi) is 9.69. The lowest BCUT2D eigenvalue weighted by molar-refractivity contribution is -0.985. The molecule has 1 aromatic heterocycles. The number of hydrogen-bond donors (Lipinski definition) is 0. The van der Waals surface area contributed by atoms with Crippen LogP contribution in [0.5, 0.6) is 0 Å². The lowest BCUT2D eigenvalue weighted by Crippen LogP contribution is -2.67. The molecule has 4 heterocycles. The maximum absolute atomic E-state index is 13.9. The van der Waals surface area contributed by atoms with E-state index in [1.807, 2.05) is 0 Å². The Morgan fingerprint density at radius 3 is 1.83 bits per heavy atom. The van der Waals surface area contributed by atoms with Crippen molar-refractivity contribution >= 4 is 10.9 Å². The Morgan fingerprint density at radius 2 is 1.29 bits per heavy atom. The first kappa shape index (κ1) is 37.6. The predicted molar refractivity (Wildman–Crippen MR) is 166 cm³/mol. The van der Waals surface area contributed by atoms with E-state index in [4.69, 9.17) is 4.74 Å². The van der Waals surface area contributed by atoms with Crippen LogP contribution in [-0.4, -0.2) is 28.6 Å². The standard InChI is InChI=1S/C37H31F12N2O/c1-2-23-19-51(18-21-11-25(34(38,39)40)16-26(12-21)35(41,42)43)10-8-24(23)15-32(51)33(30-7-9-50-31-6-4-3-5-29(30)31)52-20-22-13-27(36(44,45)46)17-28(14-22)37(47,48)49/h2-7,9,11-14,16-17,23-24,32-33H,1,8,10,15,18-20H2/q+1/t23?,24?,32-,33+,51?/m1/s1. The first-order valence-corrected chi connectivity index (χ1v) is 16.2. The molecule has 15 heteroatoms. The Balaban J connectivity index is 1.49. The molecule has 5 atom stereocenters. The maximum atomic E-state index is 13.9. The number of alkyl halides is 12. The molecule has 3 aliphatic rings. The minimum Gasteiger partial charge on any atom is -0.363 e. The summed E-state index contributed by atoms with van der Waals surface area (Å²) >= 11 is 0. The number of halogens is 12. The Bertz CT molecular complexity index is 1880. The smallest absolute Gasteiger partial charge is 0.363 e. The number of piperidine rings is 3. The van der Waals surface area contributed by atoms with E-state index in [0.29, 0.717) is 60.1 Å². The van der Waals surface area contributed by atoms with Gasteiger partial charge in [0.25, 0.3) is 0 Å². The number of ether oxygens (including phenoxy) is 1. The fourth-order valence-corrected chi connectivity index (χ4v) is 7.90. The highest BCUT2D eigenvalue weighted by atomic mass is 19.4. The SMILES string of the molecule is C=CC1C[N+]2(Cc3cc(C(F)(F)F)cc(C(F)(F)F)c3)CCC1C[C@@H]2[C@@H](OCc1cc(C(F)(F)F)cc(C(F)(F)F)c1)c1ccnc2ccccc12. The van der Waals surface area contributed by atoms with Crippen LogP contribution in [0, 0.1) is 11.8 Å². The number of nitrogens with zero attached hydrogens (tertiary/aromatic N) is 2. The molecule has 3 aromatic carbocycles. The van der Waals surface area contributed by atoms with Gasteiger partial charge in [-0.1, -0.05) is 24.3 Å². The third-order valence-corrected chi connectivity index (χ3v) is 10.2. The Hall–Kier alpha value is -4.11. The number of rotatable bonds is 8. The number of aromatic nitrogens is 1. The maximum Gasteiger partial charge on any atom is 0.416 e. The van der Waals surface area contributed by atoms with Crippen LogP contribution in [0.1, 0.15) is 57.9 Å². The minimum absolute atomic E-state index is 0.00300. The molecular formula is C37H31F12N2O+. The van der Waals surface area contributed by atoms with Gasteiger partial charge >= 0.3 is 24.7 Å². The lowest BCUT2D eigenvalue weighted by atomic mass is 9.71. The zero-order valence-electron chi connectivity index (χ0n) is 27.1. The number of quaternary nitrogens is 1. The average molecular weight is 748 g/mol. The van der Waals surface area contributed by atoms with E-state index in [1.54, 1.807) is 36.4 Å². The van der Waals surface area contributed by atoms with Crippen LogP contribution in [0.3, 0.4) is 0 Å². The van der Waals surface area contributed by atoms with Gasteiger partial charge in [-0.25, -0.2) is 0 Å². The summed E-state index contributed by atoms with van der Waals surface area (Å²) in [4.78, 5) is 4.35. The first-order valence-electron chi connectivity index (χ1n) is 16.2. The van der Waals surface area contributed by atoms with E-state index in [2.05, 4.69) is 11.6 Å². The summed E-state index contributed by atoms with van der Waals surface area (Å²) in [5.41, 5.74) is -5.71. The van der Waals surface area contributed by atoms with Crippen molar-refractivity contribution in [2.45, 2.75) is 62.8 Å². The van der Waals surface area contributed by atoms with Crippen molar-refractivity contribution in [1.82, 2.24) is 4.98 Å². The van der Waals surface area contributed by atoms with E-state index < -0.39 is 71.3 Å². The van der Waals surface area contributed by atoms with Gasteiger partial charge in [0.15, 0.2) is 0 Å². The van der Waals surface area contributed by atoms with Crippen molar-refractivity contribution in [3.8, 4) is 0 Å². The van der Waals surface area contributed by atoms with E-state index in [1.165, 1.54) is 6.20 Å². The van der Waals surface area contributed by atoms with Gasteiger partial charge in [-0.2, -0.15) is 52.7 Å². The van der Waals surface area contributed by atoms with Crippen molar-refractivity contribution < 1.29 is 61.9 Å². The number of hydrogen-bond acceptors (Lipinski definition) is 2. The molecule has 3 nitrogen and oxygen atoms in total. The van der Waals surface area contributed by atoms with Crippen molar-refractivity contribution in [2.24, 2.45) is 11.8 Å². The van der Waals surface area contributed by atoms with E-state index in [-0.39, 0.29) is 47.1 Å². The second kappa shape index (κ2) is 13.4. The monoisotopic (exact) mass is 747 g/mol. The van der Waals surface area contributed by atoms with Gasteiger partial charge in [0, 0.05) is 35.9 Å². The number of fused-ring (bicyclic) bond motifs is 4. The molecule has 3 fully saturated rings. The van der Waals surface area contributed by atoms with Gasteiger partial charge in [-0.05, 0) is 65.6 Å². The minimum atomic E-state index is -5.11. The summed E-state index contributed by atoms with van der Waals surface area (Å²) in [6, 6.07) is 10.2. The lowest BCUT2D eigenvalue weighted by Gasteiger charge is -2.58. The fourth-order valence-electron chi connectivity index (χ4n) is 7.90. The summed E-state index contributed by atoms with van der Waals surface area (Å²) in [7, 11) is 0. The zero-order valence-corrected chi connectivity index (χ0v) is 27.1. The summed E-state index contributed by atoms with van der Waals surface area (Å²) in [5.74, 6) is -0.204. The van der Waals surface area contributed by atoms with Gasteiger partial charge in [-0.3, -0.25) is 4.98 Å². The van der Waals surface area contributed by atoms with Gasteiger partial charge in [0.1, 0.15) is 18.7 Å². The van der Waals surface area contributed by atoms with Crippen LogP contribution >= 0.6 is 0 Å². The molecule has 0 amide bonds. The van der Waals surface area contributed by atoms with Crippen molar-refractivity contribution in [2.75, 3.05) is 13.1 Å². The van der Waals surface area contributed by atoms with Crippen LogP contribution in [0.2, 0.25) is 0 Å². The number of para-hydroxylation sites is 1. The van der Waals surface area contributed by atoms with E-state index >= 15 is 0 Å². The molecule has 0 spiro atoms. The highest BCUT2D eigenvalue weighted by molar-refractivity contribution is 5.82. The van der Waals surface area contributed by atoms with Crippen molar-refractivity contribution in [3.63, 3.8) is 0 Å². The molecule has 3 saturated heterocycles. The third kappa shape index (κ3) is 7.66. The van der Waals surface area contributed by atoms with Crippen molar-refractivity contribution in [3.05, 3.63) is 125 Å². The number of pyridine rings is 1. The molecule has 0 radical (unpaired) electrons. The molecule has 7 rings (SSSR count). The quantitative estimate of drug-likeness (QED) is 0.102. The molecule has 2 bridgehead atoms. The molecule has 0 N–H and O–H groups in total. The molecule has 4 aromatic rings. The second-order valence-electron chi connectivity index (χ2n) is 13.5. The Labute approximate surface area is 290 Å². The normalized spacial score (nSPS) is 23.2. The average Bonchev–Trinajstić information content (AvgIpc) is 3.07. The summed E-state index contributed by atoms with van der Waals surface area (Å²) in [5, 5.41) is 0.550. The molecule has 3 unspecified atom stereocenters. The second-order valence-corrected chi connectivity index (χ2v) is 13.5. The third-order valence-electron chi connectivity index (χ3n) is 10.2. The topological polar surface area (TPSA) is 22.1 Å². The van der Waals surface area contributed by atoms with Crippen molar-refractivity contribution in [1.29, 1.82) is 0 Å². The van der Waals surface area contributed by atoms with Crippen LogP contribution < -0.4 is 0 Å². The van der Waals surface area contributed by atoms with Crippen LogP contribution in [0.25, 0.3) is 10.9 Å². The molecule has 3 aliphatic heterocycles. The van der Waals surface area contributed by atoms with Gasteiger partial charge in [-0.15, -0.1) is 6.58 Å². The molecule has 278 valence electrons. The van der Waals surface area contributed by atoms with E-state index in [9.17, 15) is 52.7 Å². The first-order chi connectivity index (χ1) is 24.2. The van der Waals surface area contributed by atoms with Gasteiger partial charge < -0.3 is 9.22 Å². The summed E-state index contributed by atoms with van der Waals surface area (Å²) in [6.45, 7) is 3.45. The Morgan fingerprint density at radius 1 is 0.750 bits per heavy atom. The summed E-state index contributed by atoms with van der Waals surface area (Å²) < 4.78 is 172. The number of benzene rings is 3. The van der Waals surface area contributed by atoms with Crippen LogP contribution in [0.15, 0.2) is 85.6 Å². The molecule has 0 saturated carbocycles. The highest BCUT2D eigenvalue weighted by Crippen LogP contribution is 2.50. The predicted octanol–water partition coefficient (Wildman–Crippen LogP) is 11.2. The highest BCUT2D eigenvalue weighted by Gasteiger charge is 2.55. The zero-order chi connectivity index (χ0) is 37.9. The van der Waals surface area contributed by atoms with Gasteiger partial charge in [0.05, 0.1) is 47.5 Å². The summed E-state index contributed by atoms with van der Waals surface area (Å²) in [6.07, 6.45) is -17.5. The van der Waals surface area contributed by atoms with Crippen LogP contribution in [0.4, 0.5) is 52.7 Å². The van der Waals surface area contributed by atoms with Gasteiger partial charge in [0.2, 0.25) is 0 Å². The molecule has 0 aliphatic carbocycles. The van der Waals surface area contributed by atoms with Crippen LogP contribution in [-0.2, 0) is 42.6 Å². The van der Waals surface area contributed by atoms with E-state index in [0.717, 1.165) is 0 Å². The molecular weight excluding hydrogens is 716 g/mol. The molecule has 52 heavy (non-hydrogen) atoms. The fraction of sp³-hybridized carbons (Fsp3) is 0.378.